The fourth-order valence-electron chi connectivity index (χ4n) is 4.28. The predicted octanol–water partition coefficient (Wildman–Crippen LogP) is 4.08. The minimum absolute atomic E-state index is 0.000882. The first-order valence-corrected chi connectivity index (χ1v) is 10.9. The van der Waals surface area contributed by atoms with Crippen LogP contribution in [0.5, 0.6) is 0 Å². The summed E-state index contributed by atoms with van der Waals surface area (Å²) < 4.78 is 55.8. The Labute approximate surface area is 193 Å². The average Bonchev–Trinajstić information content (AvgIpc) is 2.79. The van der Waals surface area contributed by atoms with Crippen molar-refractivity contribution in [3.05, 3.63) is 69.4 Å². The number of nitrogens with zero attached hydrogens (tertiary/aromatic N) is 4. The van der Waals surface area contributed by atoms with Crippen LogP contribution < -0.4 is 10.5 Å². The summed E-state index contributed by atoms with van der Waals surface area (Å²) >= 11 is 0. The first kappa shape index (κ1) is 23.7. The molecule has 1 fully saturated rings. The number of fused-ring (bicyclic) bond motifs is 1. The molecule has 0 N–H and O–H groups in total. The number of halogens is 4. The van der Waals surface area contributed by atoms with Gasteiger partial charge in [-0.3, -0.25) is 14.2 Å². The Morgan fingerprint density at radius 2 is 1.65 bits per heavy atom. The molecule has 6 nitrogen and oxygen atoms in total. The van der Waals surface area contributed by atoms with E-state index in [-0.39, 0.29) is 29.9 Å². The Balaban J connectivity index is 1.67. The maximum atomic E-state index is 14.1. The van der Waals surface area contributed by atoms with Crippen molar-refractivity contribution in [2.24, 2.45) is 0 Å². The summed E-state index contributed by atoms with van der Waals surface area (Å²) in [7, 11) is 0. The fraction of sp³-hybridized carbons (Fsp3) is 0.375. The molecule has 34 heavy (non-hydrogen) atoms. The van der Waals surface area contributed by atoms with Gasteiger partial charge in [0, 0.05) is 26.2 Å². The molecule has 2 heterocycles. The number of carbonyl (C=O) groups excluding carboxylic acids is 1. The molecule has 1 aliphatic rings. The molecule has 1 unspecified atom stereocenters. The molecule has 180 valence electrons. The van der Waals surface area contributed by atoms with E-state index in [0.717, 1.165) is 15.7 Å². The van der Waals surface area contributed by atoms with Crippen molar-refractivity contribution in [2.45, 2.75) is 33.0 Å². The molecule has 1 aromatic heterocycles. The third kappa shape index (κ3) is 4.24. The molecule has 0 bridgehead atoms. The number of alkyl halides is 3. The predicted molar refractivity (Wildman–Crippen MR) is 120 cm³/mol. The maximum Gasteiger partial charge on any atom is 0.438 e. The molecule has 2 aromatic carbocycles. The Hall–Kier alpha value is -3.43. The van der Waals surface area contributed by atoms with Crippen molar-refractivity contribution >= 4 is 22.6 Å². The number of rotatable bonds is 3. The van der Waals surface area contributed by atoms with Crippen molar-refractivity contribution in [1.29, 1.82) is 0 Å². The van der Waals surface area contributed by atoms with E-state index in [1.165, 1.54) is 24.0 Å². The number of hydrogen-bond acceptors (Lipinski definition) is 4. The quantitative estimate of drug-likeness (QED) is 0.535. The SMILES string of the molecule is Cc1cc2nc(C(F)(F)F)c(=O)n(C(C)C(=O)N3CCN(c4ccccc4F)CC3)c2cc1C. The smallest absolute Gasteiger partial charge is 0.366 e. The van der Waals surface area contributed by atoms with E-state index in [1.807, 2.05) is 4.90 Å². The summed E-state index contributed by atoms with van der Waals surface area (Å²) in [5.41, 5.74) is -0.811. The van der Waals surface area contributed by atoms with Gasteiger partial charge in [-0.15, -0.1) is 0 Å². The van der Waals surface area contributed by atoms with Crippen LogP contribution in [0.25, 0.3) is 11.0 Å². The van der Waals surface area contributed by atoms with Crippen molar-refractivity contribution in [1.82, 2.24) is 14.5 Å². The summed E-state index contributed by atoms with van der Waals surface area (Å²) in [6.45, 7) is 6.15. The van der Waals surface area contributed by atoms with Gasteiger partial charge in [-0.1, -0.05) is 12.1 Å². The van der Waals surface area contributed by atoms with Gasteiger partial charge in [-0.25, -0.2) is 9.37 Å². The number of hydrogen-bond donors (Lipinski definition) is 0. The number of aromatic nitrogens is 2. The van der Waals surface area contributed by atoms with E-state index in [2.05, 4.69) is 4.98 Å². The van der Waals surface area contributed by atoms with Crippen LogP contribution in [0, 0.1) is 19.7 Å². The monoisotopic (exact) mass is 476 g/mol. The van der Waals surface area contributed by atoms with E-state index in [1.54, 1.807) is 38.1 Å². The number of aryl methyl sites for hydroxylation is 2. The first-order valence-electron chi connectivity index (χ1n) is 10.9. The molecule has 1 atom stereocenters. The topological polar surface area (TPSA) is 58.4 Å². The van der Waals surface area contributed by atoms with Gasteiger partial charge >= 0.3 is 6.18 Å². The molecule has 0 radical (unpaired) electrons. The highest BCUT2D eigenvalue weighted by Crippen LogP contribution is 2.29. The Kier molecular flexibility index (Phi) is 6.09. The molecule has 1 amide bonds. The number of anilines is 1. The van der Waals surface area contributed by atoms with E-state index in [4.69, 9.17) is 0 Å². The normalized spacial score (nSPS) is 15.6. The number of benzene rings is 2. The molecule has 10 heteroatoms. The van der Waals surface area contributed by atoms with Gasteiger partial charge in [-0.2, -0.15) is 13.2 Å². The van der Waals surface area contributed by atoms with Crippen LogP contribution in [-0.2, 0) is 11.0 Å². The van der Waals surface area contributed by atoms with E-state index >= 15 is 0 Å². The molecule has 3 aromatic rings. The van der Waals surface area contributed by atoms with Gasteiger partial charge in [0.25, 0.3) is 5.56 Å². The molecule has 0 spiro atoms. The lowest BCUT2D eigenvalue weighted by molar-refractivity contribution is -0.143. The average molecular weight is 476 g/mol. The van der Waals surface area contributed by atoms with Crippen LogP contribution in [-0.4, -0.2) is 46.5 Å². The van der Waals surface area contributed by atoms with Gasteiger partial charge in [-0.05, 0) is 56.2 Å². The lowest BCUT2D eigenvalue weighted by Gasteiger charge is -2.37. The third-order valence-electron chi connectivity index (χ3n) is 6.30. The zero-order valence-electron chi connectivity index (χ0n) is 19.0. The lowest BCUT2D eigenvalue weighted by atomic mass is 10.1. The van der Waals surface area contributed by atoms with Gasteiger partial charge in [0.2, 0.25) is 11.6 Å². The zero-order valence-corrected chi connectivity index (χ0v) is 19.0. The number of piperazine rings is 1. The minimum atomic E-state index is -4.96. The standard InChI is InChI=1S/C24H24F4N4O2/c1-14-12-18-20(13-15(14)2)32(23(34)21(29-18)24(26,27)28)16(3)22(33)31-10-8-30(9-11-31)19-7-5-4-6-17(19)25/h4-7,12-13,16H,8-11H2,1-3H3. The van der Waals surface area contributed by atoms with E-state index in [0.29, 0.717) is 18.8 Å². The number of para-hydroxylation sites is 1. The largest absolute Gasteiger partial charge is 0.438 e. The van der Waals surface area contributed by atoms with Crippen molar-refractivity contribution in [3.8, 4) is 0 Å². The molecular formula is C24H24F4N4O2. The van der Waals surface area contributed by atoms with Crippen molar-refractivity contribution in [3.63, 3.8) is 0 Å². The third-order valence-corrected chi connectivity index (χ3v) is 6.30. The molecule has 4 rings (SSSR count). The van der Waals surface area contributed by atoms with Gasteiger partial charge in [0.15, 0.2) is 0 Å². The van der Waals surface area contributed by atoms with Crippen LogP contribution in [0.4, 0.5) is 23.2 Å². The molecule has 0 aliphatic carbocycles. The summed E-state index contributed by atoms with van der Waals surface area (Å²) in [4.78, 5) is 33.1. The van der Waals surface area contributed by atoms with Crippen molar-refractivity contribution in [2.75, 3.05) is 31.1 Å². The van der Waals surface area contributed by atoms with Crippen LogP contribution in [0.1, 0.15) is 29.8 Å². The number of amides is 1. The molecule has 1 saturated heterocycles. The maximum absolute atomic E-state index is 14.1. The fourth-order valence-corrected chi connectivity index (χ4v) is 4.28. The van der Waals surface area contributed by atoms with Gasteiger partial charge in [0.05, 0.1) is 16.7 Å². The molecule has 1 aliphatic heterocycles. The van der Waals surface area contributed by atoms with Gasteiger partial charge < -0.3 is 9.80 Å². The van der Waals surface area contributed by atoms with Crippen LogP contribution in [0.2, 0.25) is 0 Å². The second-order valence-electron chi connectivity index (χ2n) is 8.50. The minimum Gasteiger partial charge on any atom is -0.366 e. The van der Waals surface area contributed by atoms with E-state index in [9.17, 15) is 27.2 Å². The second-order valence-corrected chi connectivity index (χ2v) is 8.50. The van der Waals surface area contributed by atoms with E-state index < -0.39 is 29.4 Å². The Bertz CT molecular complexity index is 1310. The highest BCUT2D eigenvalue weighted by Gasteiger charge is 2.39. The highest BCUT2D eigenvalue weighted by atomic mass is 19.4. The van der Waals surface area contributed by atoms with Crippen molar-refractivity contribution < 1.29 is 22.4 Å². The van der Waals surface area contributed by atoms with Crippen LogP contribution in [0.15, 0.2) is 41.2 Å². The summed E-state index contributed by atoms with van der Waals surface area (Å²) in [5.74, 6) is -0.843. The van der Waals surface area contributed by atoms with Crippen LogP contribution in [0.3, 0.4) is 0 Å². The highest BCUT2D eigenvalue weighted by molar-refractivity contribution is 5.84. The molecule has 0 saturated carbocycles. The first-order chi connectivity index (χ1) is 16.0. The second kappa shape index (κ2) is 8.73. The van der Waals surface area contributed by atoms with Crippen LogP contribution >= 0.6 is 0 Å². The lowest BCUT2D eigenvalue weighted by Crippen LogP contribution is -2.51. The Morgan fingerprint density at radius 3 is 2.26 bits per heavy atom. The molecular weight excluding hydrogens is 452 g/mol. The Morgan fingerprint density at radius 1 is 1.03 bits per heavy atom. The summed E-state index contributed by atoms with van der Waals surface area (Å²) in [6.07, 6.45) is -4.96. The number of carbonyl (C=O) groups is 1. The summed E-state index contributed by atoms with van der Waals surface area (Å²) in [5, 5.41) is 0. The summed E-state index contributed by atoms with van der Waals surface area (Å²) in [6, 6.07) is 8.22. The van der Waals surface area contributed by atoms with Gasteiger partial charge in [0.1, 0.15) is 11.9 Å². The zero-order chi connectivity index (χ0) is 24.8.